The van der Waals surface area contributed by atoms with Crippen molar-refractivity contribution in [3.63, 3.8) is 0 Å². The maximum absolute atomic E-state index is 8.75. The quantitative estimate of drug-likeness (QED) is 0.774. The molecule has 0 aromatic heterocycles. The van der Waals surface area contributed by atoms with Crippen molar-refractivity contribution in [2.45, 2.75) is 32.2 Å². The van der Waals surface area contributed by atoms with E-state index >= 15 is 0 Å². The molecule has 0 aliphatic carbocycles. The molecule has 0 heterocycles. The number of nitrogens with two attached hydrogens (primary N) is 1. The van der Waals surface area contributed by atoms with Crippen LogP contribution < -0.4 is 10.5 Å². The van der Waals surface area contributed by atoms with E-state index in [0.717, 1.165) is 5.75 Å². The van der Waals surface area contributed by atoms with E-state index in [9.17, 15) is 0 Å². The predicted octanol–water partition coefficient (Wildman–Crippen LogP) is 1.90. The van der Waals surface area contributed by atoms with Crippen LogP contribution in [0.5, 0.6) is 5.75 Å². The van der Waals surface area contributed by atoms with E-state index in [1.54, 1.807) is 0 Å². The van der Waals surface area contributed by atoms with Crippen LogP contribution in [-0.4, -0.2) is 24.4 Å². The second kappa shape index (κ2) is 6.51. The van der Waals surface area contributed by atoms with Crippen LogP contribution in [0.25, 0.3) is 0 Å². The largest absolute Gasteiger partial charge is 0.494 e. The molecule has 0 aliphatic rings. The van der Waals surface area contributed by atoms with Crippen molar-refractivity contribution >= 4 is 0 Å². The van der Waals surface area contributed by atoms with Gasteiger partial charge in [-0.05, 0) is 30.0 Å². The van der Waals surface area contributed by atoms with E-state index in [-0.39, 0.29) is 12.6 Å². The van der Waals surface area contributed by atoms with Gasteiger partial charge in [0, 0.05) is 6.04 Å². The maximum atomic E-state index is 8.75. The van der Waals surface area contributed by atoms with Gasteiger partial charge in [0.2, 0.25) is 0 Å². The zero-order chi connectivity index (χ0) is 12.0. The number of aliphatic hydroxyl groups is 1. The van der Waals surface area contributed by atoms with Gasteiger partial charge in [0.05, 0.1) is 13.2 Å². The van der Waals surface area contributed by atoms with Gasteiger partial charge in [-0.2, -0.15) is 0 Å². The van der Waals surface area contributed by atoms with Crippen molar-refractivity contribution in [2.75, 3.05) is 13.2 Å². The first kappa shape index (κ1) is 13.0. The van der Waals surface area contributed by atoms with Gasteiger partial charge in [-0.3, -0.25) is 0 Å². The van der Waals surface area contributed by atoms with Crippen LogP contribution in [0.1, 0.15) is 31.7 Å². The monoisotopic (exact) mass is 223 g/mol. The van der Waals surface area contributed by atoms with Gasteiger partial charge >= 0.3 is 0 Å². The smallest absolute Gasteiger partial charge is 0.119 e. The fraction of sp³-hybridized carbons (Fsp3) is 0.538. The average Bonchev–Trinajstić information content (AvgIpc) is 2.29. The summed E-state index contributed by atoms with van der Waals surface area (Å²) in [5.74, 6) is 1.39. The topological polar surface area (TPSA) is 55.5 Å². The van der Waals surface area contributed by atoms with Crippen LogP contribution in [0.2, 0.25) is 0 Å². The first-order chi connectivity index (χ1) is 7.63. The Labute approximate surface area is 97.2 Å². The van der Waals surface area contributed by atoms with Gasteiger partial charge in [0.1, 0.15) is 5.75 Å². The minimum Gasteiger partial charge on any atom is -0.494 e. The van der Waals surface area contributed by atoms with E-state index in [1.165, 1.54) is 5.56 Å². The fourth-order valence-corrected chi connectivity index (χ4v) is 1.37. The lowest BCUT2D eigenvalue weighted by molar-refractivity contribution is 0.230. The minimum absolute atomic E-state index is 0.00957. The van der Waals surface area contributed by atoms with Crippen molar-refractivity contribution in [1.82, 2.24) is 0 Å². The third-order valence-corrected chi connectivity index (χ3v) is 2.54. The number of benzene rings is 1. The summed E-state index contributed by atoms with van der Waals surface area (Å²) in [5.41, 5.74) is 6.88. The second-order valence-corrected chi connectivity index (χ2v) is 4.30. The zero-order valence-corrected chi connectivity index (χ0v) is 10.0. The highest BCUT2D eigenvalue weighted by Crippen LogP contribution is 2.18. The predicted molar refractivity (Wildman–Crippen MR) is 65.7 cm³/mol. The van der Waals surface area contributed by atoms with Crippen LogP contribution >= 0.6 is 0 Å². The van der Waals surface area contributed by atoms with Crippen LogP contribution in [-0.2, 0) is 0 Å². The Kier molecular flexibility index (Phi) is 5.29. The van der Waals surface area contributed by atoms with Gasteiger partial charge in [0.15, 0.2) is 0 Å². The average molecular weight is 223 g/mol. The Bertz CT molecular complexity index is 295. The maximum Gasteiger partial charge on any atom is 0.119 e. The first-order valence-corrected chi connectivity index (χ1v) is 5.72. The molecule has 0 amide bonds. The highest BCUT2D eigenvalue weighted by atomic mass is 16.5. The summed E-state index contributed by atoms with van der Waals surface area (Å²) in [6.07, 6.45) is 0.669. The first-order valence-electron chi connectivity index (χ1n) is 5.72. The molecule has 90 valence electrons. The molecule has 0 saturated carbocycles. The zero-order valence-electron chi connectivity index (χ0n) is 10.0. The normalized spacial score (nSPS) is 12.8. The van der Waals surface area contributed by atoms with Gasteiger partial charge in [-0.1, -0.05) is 26.0 Å². The van der Waals surface area contributed by atoms with Gasteiger partial charge in [-0.15, -0.1) is 0 Å². The molecule has 0 aliphatic heterocycles. The summed E-state index contributed by atoms with van der Waals surface area (Å²) >= 11 is 0. The summed E-state index contributed by atoms with van der Waals surface area (Å²) in [6.45, 7) is 4.88. The molecule has 1 rings (SSSR count). The summed E-state index contributed by atoms with van der Waals surface area (Å²) in [5, 5.41) is 8.75. The molecular formula is C13H21NO2. The van der Waals surface area contributed by atoms with Crippen molar-refractivity contribution < 1.29 is 9.84 Å². The highest BCUT2D eigenvalue weighted by molar-refractivity contribution is 5.28. The summed E-state index contributed by atoms with van der Waals surface area (Å²) < 4.78 is 5.52. The lowest BCUT2D eigenvalue weighted by Crippen LogP contribution is -2.26. The third-order valence-electron chi connectivity index (χ3n) is 2.54. The van der Waals surface area contributed by atoms with Gasteiger partial charge in [-0.25, -0.2) is 0 Å². The lowest BCUT2D eigenvalue weighted by Gasteiger charge is -2.11. The van der Waals surface area contributed by atoms with Crippen LogP contribution in [0.15, 0.2) is 24.3 Å². The molecule has 1 aromatic rings. The van der Waals surface area contributed by atoms with Crippen molar-refractivity contribution in [1.29, 1.82) is 0 Å². The summed E-state index contributed by atoms with van der Waals surface area (Å²) in [6, 6.07) is 7.91. The Morgan fingerprint density at radius 2 is 1.88 bits per heavy atom. The van der Waals surface area contributed by atoms with Gasteiger partial charge in [0.25, 0.3) is 0 Å². The van der Waals surface area contributed by atoms with E-state index in [1.807, 2.05) is 12.1 Å². The molecule has 16 heavy (non-hydrogen) atoms. The molecule has 0 bridgehead atoms. The molecule has 0 spiro atoms. The second-order valence-electron chi connectivity index (χ2n) is 4.30. The molecule has 3 N–H and O–H groups in total. The SMILES string of the molecule is CC(C)c1ccc(OCCC(N)CO)cc1. The van der Waals surface area contributed by atoms with E-state index in [4.69, 9.17) is 15.6 Å². The molecule has 0 radical (unpaired) electrons. The molecular weight excluding hydrogens is 202 g/mol. The van der Waals surface area contributed by atoms with Crippen LogP contribution in [0.4, 0.5) is 0 Å². The van der Waals surface area contributed by atoms with Crippen molar-refractivity contribution in [3.8, 4) is 5.75 Å². The van der Waals surface area contributed by atoms with Crippen LogP contribution in [0.3, 0.4) is 0 Å². The van der Waals surface area contributed by atoms with E-state index in [0.29, 0.717) is 18.9 Å². The standard InChI is InChI=1S/C13H21NO2/c1-10(2)11-3-5-13(6-4-11)16-8-7-12(14)9-15/h3-6,10,12,15H,7-9,14H2,1-2H3. The minimum atomic E-state index is -0.185. The Hall–Kier alpha value is -1.06. The highest BCUT2D eigenvalue weighted by Gasteiger charge is 2.02. The third kappa shape index (κ3) is 4.21. The van der Waals surface area contributed by atoms with Crippen molar-refractivity contribution in [2.24, 2.45) is 5.73 Å². The number of ether oxygens (including phenoxy) is 1. The number of rotatable bonds is 6. The number of hydrogen-bond donors (Lipinski definition) is 2. The molecule has 3 nitrogen and oxygen atoms in total. The molecule has 0 fully saturated rings. The molecule has 1 aromatic carbocycles. The molecule has 1 atom stereocenters. The van der Waals surface area contributed by atoms with Gasteiger partial charge < -0.3 is 15.6 Å². The molecule has 1 unspecified atom stereocenters. The van der Waals surface area contributed by atoms with E-state index in [2.05, 4.69) is 26.0 Å². The number of aliphatic hydroxyl groups excluding tert-OH is 1. The Morgan fingerprint density at radius 3 is 2.38 bits per heavy atom. The summed E-state index contributed by atoms with van der Waals surface area (Å²) in [7, 11) is 0. The molecule has 0 saturated heterocycles. The van der Waals surface area contributed by atoms with E-state index < -0.39 is 0 Å². The Morgan fingerprint density at radius 1 is 1.25 bits per heavy atom. The summed E-state index contributed by atoms with van der Waals surface area (Å²) in [4.78, 5) is 0. The molecule has 3 heteroatoms. The van der Waals surface area contributed by atoms with Crippen molar-refractivity contribution in [3.05, 3.63) is 29.8 Å². The lowest BCUT2D eigenvalue weighted by atomic mass is 10.0. The number of hydrogen-bond acceptors (Lipinski definition) is 3. The Balaban J connectivity index is 2.38. The fourth-order valence-electron chi connectivity index (χ4n) is 1.37. The van der Waals surface area contributed by atoms with Crippen LogP contribution in [0, 0.1) is 0 Å².